The van der Waals surface area contributed by atoms with Crippen molar-refractivity contribution in [3.63, 3.8) is 0 Å². The molecule has 0 spiro atoms. The summed E-state index contributed by atoms with van der Waals surface area (Å²) in [5.74, 6) is 1.66. The van der Waals surface area contributed by atoms with E-state index in [4.69, 9.17) is 4.74 Å². The lowest BCUT2D eigenvalue weighted by Gasteiger charge is -2.05. The monoisotopic (exact) mass is 267 g/mol. The van der Waals surface area contributed by atoms with Gasteiger partial charge in [-0.25, -0.2) is 9.97 Å². The third kappa shape index (κ3) is 2.50. The van der Waals surface area contributed by atoms with Gasteiger partial charge in [0, 0.05) is 6.20 Å². The molecule has 0 unspecified atom stereocenters. The fourth-order valence-corrected chi connectivity index (χ4v) is 2.16. The number of benzene rings is 1. The highest BCUT2D eigenvalue weighted by molar-refractivity contribution is 5.74. The van der Waals surface area contributed by atoms with E-state index in [-0.39, 0.29) is 0 Å². The van der Waals surface area contributed by atoms with E-state index in [1.807, 2.05) is 25.1 Å². The highest BCUT2D eigenvalue weighted by Gasteiger charge is 2.06. The van der Waals surface area contributed by atoms with E-state index in [2.05, 4.69) is 34.0 Å². The molecule has 0 fully saturated rings. The molecule has 1 aromatic carbocycles. The summed E-state index contributed by atoms with van der Waals surface area (Å²) in [7, 11) is 0. The quantitative estimate of drug-likeness (QED) is 0.788. The smallest absolute Gasteiger partial charge is 0.178 e. The van der Waals surface area contributed by atoms with Crippen molar-refractivity contribution in [3.8, 4) is 5.75 Å². The van der Waals surface area contributed by atoms with Crippen LogP contribution in [0.1, 0.15) is 23.9 Å². The van der Waals surface area contributed by atoms with Crippen LogP contribution in [0.25, 0.3) is 11.2 Å². The minimum atomic E-state index is 0.420. The Morgan fingerprint density at radius 1 is 1.25 bits per heavy atom. The molecule has 0 radical (unpaired) electrons. The van der Waals surface area contributed by atoms with E-state index in [1.165, 1.54) is 5.56 Å². The van der Waals surface area contributed by atoms with Crippen molar-refractivity contribution in [3.05, 3.63) is 53.5 Å². The summed E-state index contributed by atoms with van der Waals surface area (Å²) in [5.41, 5.74) is 4.13. The van der Waals surface area contributed by atoms with Gasteiger partial charge in [0.25, 0.3) is 0 Å². The molecule has 20 heavy (non-hydrogen) atoms. The average molecular weight is 267 g/mol. The van der Waals surface area contributed by atoms with Gasteiger partial charge in [-0.05, 0) is 42.7 Å². The van der Waals surface area contributed by atoms with Crippen LogP contribution < -0.4 is 4.74 Å². The number of imidazole rings is 1. The molecule has 0 aliphatic heterocycles. The predicted octanol–water partition coefficient (Wildman–Crippen LogP) is 3.41. The molecule has 0 bridgehead atoms. The second-order valence-electron chi connectivity index (χ2n) is 4.80. The molecule has 4 nitrogen and oxygen atoms in total. The van der Waals surface area contributed by atoms with E-state index in [0.717, 1.165) is 34.7 Å². The van der Waals surface area contributed by atoms with Crippen LogP contribution in [0.15, 0.2) is 36.5 Å². The Labute approximate surface area is 117 Å². The topological polar surface area (TPSA) is 50.8 Å². The largest absolute Gasteiger partial charge is 0.486 e. The molecule has 0 aliphatic carbocycles. The summed E-state index contributed by atoms with van der Waals surface area (Å²) >= 11 is 0. The normalized spacial score (nSPS) is 10.9. The summed E-state index contributed by atoms with van der Waals surface area (Å²) in [6.07, 6.45) is 2.78. The molecule has 3 rings (SSSR count). The van der Waals surface area contributed by atoms with Gasteiger partial charge in [0.05, 0.1) is 5.52 Å². The van der Waals surface area contributed by atoms with E-state index in [0.29, 0.717) is 6.61 Å². The zero-order chi connectivity index (χ0) is 13.9. The number of pyridine rings is 1. The highest BCUT2D eigenvalue weighted by Crippen LogP contribution is 2.17. The lowest BCUT2D eigenvalue weighted by atomic mass is 10.2. The Kier molecular flexibility index (Phi) is 3.37. The molecular formula is C16H17N3O. The lowest BCUT2D eigenvalue weighted by molar-refractivity contribution is 0.297. The third-order valence-corrected chi connectivity index (χ3v) is 3.33. The van der Waals surface area contributed by atoms with Crippen LogP contribution in [0.3, 0.4) is 0 Å². The molecule has 2 aromatic heterocycles. The van der Waals surface area contributed by atoms with Gasteiger partial charge in [-0.3, -0.25) is 0 Å². The Hall–Kier alpha value is -2.36. The summed E-state index contributed by atoms with van der Waals surface area (Å²) in [6.45, 7) is 4.59. The minimum absolute atomic E-state index is 0.420. The van der Waals surface area contributed by atoms with Crippen LogP contribution in [0.2, 0.25) is 0 Å². The van der Waals surface area contributed by atoms with Gasteiger partial charge in [0.2, 0.25) is 0 Å². The first kappa shape index (κ1) is 12.7. The molecule has 0 amide bonds. The maximum absolute atomic E-state index is 5.78. The fourth-order valence-electron chi connectivity index (χ4n) is 2.16. The first-order chi connectivity index (χ1) is 9.76. The van der Waals surface area contributed by atoms with Crippen molar-refractivity contribution in [2.75, 3.05) is 0 Å². The predicted molar refractivity (Wildman–Crippen MR) is 78.8 cm³/mol. The standard InChI is InChI=1S/C16H17N3O/c1-3-12-5-4-6-13(9-12)20-10-14-18-15-11(2)7-8-17-16(15)19-14/h4-9H,3,10H2,1-2H3,(H,17,18,19). The van der Waals surface area contributed by atoms with Crippen LogP contribution in [-0.4, -0.2) is 15.0 Å². The van der Waals surface area contributed by atoms with Gasteiger partial charge in [-0.15, -0.1) is 0 Å². The first-order valence-electron chi connectivity index (χ1n) is 6.78. The van der Waals surface area contributed by atoms with Crippen LogP contribution in [0, 0.1) is 6.92 Å². The molecule has 102 valence electrons. The number of hydrogen-bond donors (Lipinski definition) is 1. The number of nitrogens with zero attached hydrogens (tertiary/aromatic N) is 2. The second kappa shape index (κ2) is 5.33. The number of hydrogen-bond acceptors (Lipinski definition) is 3. The highest BCUT2D eigenvalue weighted by atomic mass is 16.5. The van der Waals surface area contributed by atoms with Crippen molar-refractivity contribution in [1.82, 2.24) is 15.0 Å². The van der Waals surface area contributed by atoms with Crippen LogP contribution in [0.4, 0.5) is 0 Å². The SMILES string of the molecule is CCc1cccc(OCc2nc3nccc(C)c3[nH]2)c1. The maximum Gasteiger partial charge on any atom is 0.178 e. The van der Waals surface area contributed by atoms with E-state index in [1.54, 1.807) is 6.20 Å². The van der Waals surface area contributed by atoms with Gasteiger partial charge in [-0.1, -0.05) is 19.1 Å². The van der Waals surface area contributed by atoms with Crippen molar-refractivity contribution in [2.24, 2.45) is 0 Å². The summed E-state index contributed by atoms with van der Waals surface area (Å²) in [6, 6.07) is 10.1. The lowest BCUT2D eigenvalue weighted by Crippen LogP contribution is -1.97. The number of H-pyrrole nitrogens is 1. The van der Waals surface area contributed by atoms with Gasteiger partial charge in [0.1, 0.15) is 18.2 Å². The van der Waals surface area contributed by atoms with Crippen molar-refractivity contribution >= 4 is 11.2 Å². The second-order valence-corrected chi connectivity index (χ2v) is 4.80. The molecule has 0 atom stereocenters. The number of nitrogens with one attached hydrogen (secondary N) is 1. The van der Waals surface area contributed by atoms with Crippen molar-refractivity contribution in [2.45, 2.75) is 26.9 Å². The van der Waals surface area contributed by atoms with Gasteiger partial charge in [-0.2, -0.15) is 0 Å². The number of aromatic nitrogens is 3. The van der Waals surface area contributed by atoms with Gasteiger partial charge < -0.3 is 9.72 Å². The van der Waals surface area contributed by atoms with E-state index < -0.39 is 0 Å². The minimum Gasteiger partial charge on any atom is -0.486 e. The molecular weight excluding hydrogens is 250 g/mol. The molecule has 0 saturated heterocycles. The molecule has 0 saturated carbocycles. The first-order valence-corrected chi connectivity index (χ1v) is 6.78. The third-order valence-electron chi connectivity index (χ3n) is 3.33. The number of fused-ring (bicyclic) bond motifs is 1. The number of aromatic amines is 1. The summed E-state index contributed by atoms with van der Waals surface area (Å²) < 4.78 is 5.78. The number of ether oxygens (including phenoxy) is 1. The van der Waals surface area contributed by atoms with Gasteiger partial charge in [0.15, 0.2) is 5.65 Å². The average Bonchev–Trinajstić information content (AvgIpc) is 2.90. The van der Waals surface area contributed by atoms with Crippen LogP contribution >= 0.6 is 0 Å². The fraction of sp³-hybridized carbons (Fsp3) is 0.250. The Bertz CT molecular complexity index is 733. The zero-order valence-corrected chi connectivity index (χ0v) is 11.7. The van der Waals surface area contributed by atoms with Crippen molar-refractivity contribution in [1.29, 1.82) is 0 Å². The molecule has 2 heterocycles. The molecule has 4 heteroatoms. The van der Waals surface area contributed by atoms with Crippen LogP contribution in [0.5, 0.6) is 5.75 Å². The van der Waals surface area contributed by atoms with E-state index in [9.17, 15) is 0 Å². The summed E-state index contributed by atoms with van der Waals surface area (Å²) in [4.78, 5) is 12.0. The Balaban J connectivity index is 1.78. The van der Waals surface area contributed by atoms with E-state index >= 15 is 0 Å². The molecule has 3 aromatic rings. The van der Waals surface area contributed by atoms with Gasteiger partial charge >= 0.3 is 0 Å². The maximum atomic E-state index is 5.78. The zero-order valence-electron chi connectivity index (χ0n) is 11.7. The van der Waals surface area contributed by atoms with Crippen LogP contribution in [-0.2, 0) is 13.0 Å². The number of rotatable bonds is 4. The molecule has 0 aliphatic rings. The summed E-state index contributed by atoms with van der Waals surface area (Å²) in [5, 5.41) is 0. The Morgan fingerprint density at radius 3 is 2.95 bits per heavy atom. The Morgan fingerprint density at radius 2 is 2.15 bits per heavy atom. The number of aryl methyl sites for hydroxylation is 2. The van der Waals surface area contributed by atoms with Crippen molar-refractivity contribution < 1.29 is 4.74 Å². The molecule has 1 N–H and O–H groups in total.